The molecule has 0 bridgehead atoms. The maximum absolute atomic E-state index is 12.8. The number of thioether (sulfide) groups is 1. The van der Waals surface area contributed by atoms with Crippen LogP contribution in [0.4, 0.5) is 5.69 Å². The fourth-order valence-corrected chi connectivity index (χ4v) is 4.14. The van der Waals surface area contributed by atoms with Gasteiger partial charge in [-0.15, -0.1) is 0 Å². The summed E-state index contributed by atoms with van der Waals surface area (Å²) in [6, 6.07) is 22.1. The van der Waals surface area contributed by atoms with Crippen LogP contribution < -0.4 is 16.5 Å². The summed E-state index contributed by atoms with van der Waals surface area (Å²) in [4.78, 5) is 28.5. The van der Waals surface area contributed by atoms with Gasteiger partial charge in [-0.1, -0.05) is 42.5 Å². The molecule has 4 aromatic rings. The monoisotopic (exact) mass is 403 g/mol. The number of amides is 1. The van der Waals surface area contributed by atoms with Crippen LogP contribution in [0.25, 0.3) is 21.8 Å². The molecule has 0 aliphatic carbocycles. The fourth-order valence-electron chi connectivity index (χ4n) is 3.19. The molecule has 0 aliphatic rings. The molecule has 1 amide bonds. The lowest BCUT2D eigenvalue weighted by atomic mass is 10.1. The molecule has 1 aromatic heterocycles. The number of nitrogens with two attached hydrogens (primary N) is 1. The molecular weight excluding hydrogens is 382 g/mol. The topological polar surface area (TPSA) is 88.0 Å². The van der Waals surface area contributed by atoms with Crippen LogP contribution in [-0.4, -0.2) is 22.7 Å². The van der Waals surface area contributed by atoms with E-state index in [-0.39, 0.29) is 11.3 Å². The molecule has 4 N–H and O–H groups in total. The first kappa shape index (κ1) is 19.2. The Kier molecular flexibility index (Phi) is 5.64. The van der Waals surface area contributed by atoms with Gasteiger partial charge in [-0.05, 0) is 35.9 Å². The maximum Gasteiger partial charge on any atom is 0.242 e. The molecular formula is C23H21N3O2S. The third-order valence-corrected chi connectivity index (χ3v) is 5.85. The van der Waals surface area contributed by atoms with E-state index in [1.54, 1.807) is 36.0 Å². The molecule has 0 radical (unpaired) electrons. The summed E-state index contributed by atoms with van der Waals surface area (Å²) in [6.45, 7) is 0. The van der Waals surface area contributed by atoms with Crippen LogP contribution in [0.5, 0.6) is 0 Å². The third-order valence-electron chi connectivity index (χ3n) is 4.72. The number of aromatic amines is 1. The Hall–Kier alpha value is -3.09. The van der Waals surface area contributed by atoms with E-state index in [4.69, 9.17) is 5.73 Å². The van der Waals surface area contributed by atoms with Crippen molar-refractivity contribution in [1.82, 2.24) is 4.98 Å². The molecule has 1 atom stereocenters. The number of hydrogen-bond donors (Lipinski definition) is 3. The number of H-pyrrole nitrogens is 1. The van der Waals surface area contributed by atoms with Crippen molar-refractivity contribution in [1.29, 1.82) is 0 Å². The highest BCUT2D eigenvalue weighted by atomic mass is 32.2. The first-order valence-corrected chi connectivity index (χ1v) is 10.5. The third kappa shape index (κ3) is 4.34. The highest BCUT2D eigenvalue weighted by Gasteiger charge is 2.14. The van der Waals surface area contributed by atoms with Crippen molar-refractivity contribution in [2.45, 2.75) is 11.8 Å². The molecule has 0 fully saturated rings. The van der Waals surface area contributed by atoms with Crippen molar-refractivity contribution in [2.24, 2.45) is 5.73 Å². The van der Waals surface area contributed by atoms with Crippen molar-refractivity contribution >= 4 is 45.2 Å². The number of hydrogen-bond acceptors (Lipinski definition) is 4. The molecule has 146 valence electrons. The summed E-state index contributed by atoms with van der Waals surface area (Å²) in [5.41, 5.74) is 9.27. The van der Waals surface area contributed by atoms with Gasteiger partial charge in [0.1, 0.15) is 0 Å². The Labute approximate surface area is 172 Å². The van der Waals surface area contributed by atoms with Crippen LogP contribution in [0, 0.1) is 0 Å². The lowest BCUT2D eigenvalue weighted by molar-refractivity contribution is -0.116. The van der Waals surface area contributed by atoms with E-state index in [0.717, 1.165) is 16.8 Å². The van der Waals surface area contributed by atoms with Gasteiger partial charge < -0.3 is 16.0 Å². The van der Waals surface area contributed by atoms with Crippen molar-refractivity contribution < 1.29 is 4.79 Å². The minimum Gasteiger partial charge on any atom is -0.354 e. The number of carbonyl (C=O) groups is 1. The molecule has 4 rings (SSSR count). The summed E-state index contributed by atoms with van der Waals surface area (Å²) < 4.78 is 0. The second-order valence-corrected chi connectivity index (χ2v) is 7.89. The number of carbonyl (C=O) groups excluding carboxylic acids is 1. The Morgan fingerprint density at radius 2 is 1.69 bits per heavy atom. The molecule has 1 unspecified atom stereocenters. The summed E-state index contributed by atoms with van der Waals surface area (Å²) >= 11 is 1.62. The molecule has 5 nitrogen and oxygen atoms in total. The van der Waals surface area contributed by atoms with Crippen LogP contribution in [0.2, 0.25) is 0 Å². The van der Waals surface area contributed by atoms with Crippen molar-refractivity contribution in [3.8, 4) is 0 Å². The average Bonchev–Trinajstić information content (AvgIpc) is 2.75. The Morgan fingerprint density at radius 3 is 2.52 bits per heavy atom. The van der Waals surface area contributed by atoms with Crippen molar-refractivity contribution in [2.75, 3.05) is 11.1 Å². The molecule has 0 spiro atoms. The Bertz CT molecular complexity index is 1220. The average molecular weight is 404 g/mol. The van der Waals surface area contributed by atoms with E-state index in [1.165, 1.54) is 5.56 Å². The number of para-hydroxylation sites is 1. The summed E-state index contributed by atoms with van der Waals surface area (Å²) in [7, 11) is 0. The van der Waals surface area contributed by atoms with Gasteiger partial charge in [-0.25, -0.2) is 0 Å². The van der Waals surface area contributed by atoms with E-state index >= 15 is 0 Å². The number of fused-ring (bicyclic) bond motifs is 2. The predicted octanol–water partition coefficient (Wildman–Crippen LogP) is 3.88. The first-order valence-electron chi connectivity index (χ1n) is 9.35. The zero-order valence-corrected chi connectivity index (χ0v) is 16.5. The molecule has 0 aliphatic heterocycles. The van der Waals surface area contributed by atoms with Gasteiger partial charge in [-0.2, -0.15) is 11.8 Å². The minimum absolute atomic E-state index is 0.0619. The van der Waals surface area contributed by atoms with Crippen LogP contribution in [0.3, 0.4) is 0 Å². The molecule has 0 saturated carbocycles. The van der Waals surface area contributed by atoms with Gasteiger partial charge in [0.25, 0.3) is 0 Å². The predicted molar refractivity (Wildman–Crippen MR) is 121 cm³/mol. The van der Waals surface area contributed by atoms with Gasteiger partial charge in [0, 0.05) is 39.0 Å². The van der Waals surface area contributed by atoms with E-state index in [1.807, 2.05) is 36.4 Å². The SMILES string of the molecule is NC(CSCc1ccccc1)C(=O)Nc1ccc2[nH]c3ccccc3c(=O)c2c1. The number of nitrogens with one attached hydrogen (secondary N) is 2. The van der Waals surface area contributed by atoms with E-state index in [2.05, 4.69) is 22.4 Å². The van der Waals surface area contributed by atoms with Crippen molar-refractivity contribution in [3.63, 3.8) is 0 Å². The fraction of sp³-hybridized carbons (Fsp3) is 0.130. The number of pyridine rings is 1. The van der Waals surface area contributed by atoms with E-state index in [9.17, 15) is 9.59 Å². The van der Waals surface area contributed by atoms with Gasteiger partial charge in [0.05, 0.1) is 6.04 Å². The normalized spacial score (nSPS) is 12.2. The zero-order valence-electron chi connectivity index (χ0n) is 15.7. The Morgan fingerprint density at radius 1 is 0.966 bits per heavy atom. The lowest BCUT2D eigenvalue weighted by Gasteiger charge is -2.13. The summed E-state index contributed by atoms with van der Waals surface area (Å²) in [6.07, 6.45) is 0. The standard InChI is InChI=1S/C23H21N3O2S/c24-19(14-29-13-15-6-2-1-3-7-15)23(28)25-16-10-11-21-18(12-16)22(27)17-8-4-5-9-20(17)26-21/h1-12,19H,13-14,24H2,(H,25,28)(H,26,27). The lowest BCUT2D eigenvalue weighted by Crippen LogP contribution is -2.37. The van der Waals surface area contributed by atoms with Crippen LogP contribution in [-0.2, 0) is 10.5 Å². The first-order chi connectivity index (χ1) is 14.1. The molecule has 29 heavy (non-hydrogen) atoms. The number of rotatable bonds is 6. The van der Waals surface area contributed by atoms with E-state index < -0.39 is 6.04 Å². The summed E-state index contributed by atoms with van der Waals surface area (Å²) in [5, 5.41) is 3.99. The van der Waals surface area contributed by atoms with Gasteiger partial charge in [0.2, 0.25) is 5.91 Å². The second kappa shape index (κ2) is 8.51. The van der Waals surface area contributed by atoms with Crippen LogP contribution in [0.15, 0.2) is 77.6 Å². The van der Waals surface area contributed by atoms with Gasteiger partial charge in [0.15, 0.2) is 5.43 Å². The van der Waals surface area contributed by atoms with Gasteiger partial charge >= 0.3 is 0 Å². The molecule has 6 heteroatoms. The maximum atomic E-state index is 12.8. The number of benzene rings is 3. The number of anilines is 1. The van der Waals surface area contributed by atoms with Crippen molar-refractivity contribution in [3.05, 3.63) is 88.6 Å². The quantitative estimate of drug-likeness (QED) is 0.426. The molecule has 1 heterocycles. The smallest absolute Gasteiger partial charge is 0.242 e. The highest BCUT2D eigenvalue weighted by molar-refractivity contribution is 7.98. The summed E-state index contributed by atoms with van der Waals surface area (Å²) in [5.74, 6) is 1.06. The minimum atomic E-state index is -0.630. The van der Waals surface area contributed by atoms with Crippen LogP contribution in [0.1, 0.15) is 5.56 Å². The number of aromatic nitrogens is 1. The molecule has 3 aromatic carbocycles. The second-order valence-electron chi connectivity index (χ2n) is 6.86. The van der Waals surface area contributed by atoms with Gasteiger partial charge in [-0.3, -0.25) is 9.59 Å². The molecule has 0 saturated heterocycles. The largest absolute Gasteiger partial charge is 0.354 e. The van der Waals surface area contributed by atoms with E-state index in [0.29, 0.717) is 22.2 Å². The van der Waals surface area contributed by atoms with Crippen LogP contribution >= 0.6 is 11.8 Å². The zero-order chi connectivity index (χ0) is 20.2. The highest BCUT2D eigenvalue weighted by Crippen LogP contribution is 2.19. The Balaban J connectivity index is 1.45.